The molecule has 128 valence electrons. The highest BCUT2D eigenvalue weighted by Gasteiger charge is 2.11. The highest BCUT2D eigenvalue weighted by Crippen LogP contribution is 2.36. The summed E-state index contributed by atoms with van der Waals surface area (Å²) in [5.41, 5.74) is 2.96. The molecule has 0 radical (unpaired) electrons. The fourth-order valence-corrected chi connectivity index (χ4v) is 3.76. The van der Waals surface area contributed by atoms with E-state index in [0.29, 0.717) is 0 Å². The number of rotatable bonds is 4. The van der Waals surface area contributed by atoms with Gasteiger partial charge in [0, 0.05) is 5.56 Å². The number of nitrogens with zero attached hydrogens (tertiary/aromatic N) is 1. The summed E-state index contributed by atoms with van der Waals surface area (Å²) in [7, 11) is 0. The molecule has 4 rings (SSSR count). The normalized spacial score (nSPS) is 10.7. The van der Waals surface area contributed by atoms with Crippen LogP contribution in [0.3, 0.4) is 0 Å². The molecule has 3 aromatic carbocycles. The summed E-state index contributed by atoms with van der Waals surface area (Å²) in [5, 5.41) is 0.938. The molecule has 1 heterocycles. The predicted molar refractivity (Wildman–Crippen MR) is 104 cm³/mol. The molecule has 1 aromatic heterocycles. The van der Waals surface area contributed by atoms with Gasteiger partial charge in [-0.2, -0.15) is 0 Å². The lowest BCUT2D eigenvalue weighted by Gasteiger charge is -2.05. The van der Waals surface area contributed by atoms with E-state index < -0.39 is 0 Å². The molecule has 0 N–H and O–H groups in total. The Labute approximate surface area is 155 Å². The van der Waals surface area contributed by atoms with Crippen LogP contribution in [0.15, 0.2) is 78.9 Å². The van der Waals surface area contributed by atoms with Crippen molar-refractivity contribution in [3.05, 3.63) is 90.4 Å². The number of thiazole rings is 1. The first-order chi connectivity index (χ1) is 12.7. The lowest BCUT2D eigenvalue weighted by atomic mass is 10.1. The van der Waals surface area contributed by atoms with E-state index in [1.165, 1.54) is 12.1 Å². The average molecular weight is 361 g/mol. The maximum absolute atomic E-state index is 13.1. The number of ether oxygens (including phenoxy) is 1. The topological polar surface area (TPSA) is 22.1 Å². The first-order valence-electron chi connectivity index (χ1n) is 8.26. The second-order valence-corrected chi connectivity index (χ2v) is 6.88. The molecule has 0 saturated carbocycles. The van der Waals surface area contributed by atoms with Crippen molar-refractivity contribution in [2.75, 3.05) is 0 Å². The van der Waals surface area contributed by atoms with Gasteiger partial charge in [-0.15, -0.1) is 11.3 Å². The Morgan fingerprint density at radius 3 is 2.08 bits per heavy atom. The quantitative estimate of drug-likeness (QED) is 0.403. The van der Waals surface area contributed by atoms with E-state index in [0.717, 1.165) is 38.2 Å². The molecule has 0 aliphatic carbocycles. The summed E-state index contributed by atoms with van der Waals surface area (Å²) in [4.78, 5) is 5.74. The first kappa shape index (κ1) is 16.5. The molecule has 0 spiro atoms. The molecule has 0 bridgehead atoms. The Hall–Kier alpha value is -2.98. The highest BCUT2D eigenvalue weighted by molar-refractivity contribution is 7.18. The summed E-state index contributed by atoms with van der Waals surface area (Å²) in [6, 6.07) is 24.1. The SMILES string of the molecule is Cc1nc(-c2ccc(Oc3ccccc3)cc2)sc1-c1ccc(F)cc1. The largest absolute Gasteiger partial charge is 0.457 e. The van der Waals surface area contributed by atoms with Gasteiger partial charge in [0.25, 0.3) is 0 Å². The smallest absolute Gasteiger partial charge is 0.127 e. The Bertz CT molecular complexity index is 1010. The fraction of sp³-hybridized carbons (Fsp3) is 0.0455. The lowest BCUT2D eigenvalue weighted by Crippen LogP contribution is -1.84. The van der Waals surface area contributed by atoms with Crippen LogP contribution >= 0.6 is 11.3 Å². The molecule has 0 aliphatic heterocycles. The minimum atomic E-state index is -0.231. The number of hydrogen-bond donors (Lipinski definition) is 0. The van der Waals surface area contributed by atoms with Crippen molar-refractivity contribution in [3.8, 4) is 32.5 Å². The Balaban J connectivity index is 1.58. The van der Waals surface area contributed by atoms with E-state index in [1.54, 1.807) is 23.5 Å². The third-order valence-corrected chi connectivity index (χ3v) is 5.24. The summed E-state index contributed by atoms with van der Waals surface area (Å²) in [5.74, 6) is 1.36. The van der Waals surface area contributed by atoms with Crippen LogP contribution in [0, 0.1) is 12.7 Å². The zero-order valence-corrected chi connectivity index (χ0v) is 15.0. The van der Waals surface area contributed by atoms with Gasteiger partial charge < -0.3 is 4.74 Å². The van der Waals surface area contributed by atoms with Crippen LogP contribution in [-0.2, 0) is 0 Å². The summed E-state index contributed by atoms with van der Waals surface area (Å²) >= 11 is 1.61. The number of halogens is 1. The van der Waals surface area contributed by atoms with Gasteiger partial charge in [-0.25, -0.2) is 9.37 Å². The van der Waals surface area contributed by atoms with Crippen LogP contribution in [0.25, 0.3) is 21.0 Å². The summed E-state index contributed by atoms with van der Waals surface area (Å²) in [6.45, 7) is 1.98. The van der Waals surface area contributed by atoms with Crippen LogP contribution in [0.4, 0.5) is 4.39 Å². The monoisotopic (exact) mass is 361 g/mol. The third-order valence-electron chi connectivity index (χ3n) is 3.98. The van der Waals surface area contributed by atoms with Gasteiger partial charge in [0.2, 0.25) is 0 Å². The van der Waals surface area contributed by atoms with Gasteiger partial charge in [0.05, 0.1) is 10.6 Å². The van der Waals surface area contributed by atoms with Crippen molar-refractivity contribution in [1.82, 2.24) is 4.98 Å². The molecular weight excluding hydrogens is 345 g/mol. The molecule has 0 atom stereocenters. The maximum Gasteiger partial charge on any atom is 0.127 e. The Kier molecular flexibility index (Phi) is 4.50. The maximum atomic E-state index is 13.1. The van der Waals surface area contributed by atoms with Gasteiger partial charge in [-0.05, 0) is 61.0 Å². The second-order valence-electron chi connectivity index (χ2n) is 5.88. The van der Waals surface area contributed by atoms with Crippen LogP contribution in [0.2, 0.25) is 0 Å². The van der Waals surface area contributed by atoms with Gasteiger partial charge in [-0.1, -0.05) is 30.3 Å². The van der Waals surface area contributed by atoms with E-state index in [2.05, 4.69) is 4.98 Å². The third kappa shape index (κ3) is 3.51. The van der Waals surface area contributed by atoms with Gasteiger partial charge in [0.15, 0.2) is 0 Å². The van der Waals surface area contributed by atoms with Crippen LogP contribution in [-0.4, -0.2) is 4.98 Å². The lowest BCUT2D eigenvalue weighted by molar-refractivity contribution is 0.483. The minimum absolute atomic E-state index is 0.231. The summed E-state index contributed by atoms with van der Waals surface area (Å²) in [6.07, 6.45) is 0. The highest BCUT2D eigenvalue weighted by atomic mass is 32.1. The van der Waals surface area contributed by atoms with Gasteiger partial charge in [0.1, 0.15) is 22.3 Å². The molecule has 4 aromatic rings. The number of aryl methyl sites for hydroxylation is 1. The molecule has 26 heavy (non-hydrogen) atoms. The molecule has 0 aliphatic rings. The average Bonchev–Trinajstić information content (AvgIpc) is 3.06. The summed E-state index contributed by atoms with van der Waals surface area (Å²) < 4.78 is 19.0. The van der Waals surface area contributed by atoms with Crippen molar-refractivity contribution in [3.63, 3.8) is 0 Å². The van der Waals surface area contributed by atoms with E-state index in [1.807, 2.05) is 61.5 Å². The van der Waals surface area contributed by atoms with Crippen molar-refractivity contribution >= 4 is 11.3 Å². The van der Waals surface area contributed by atoms with E-state index in [9.17, 15) is 4.39 Å². The Morgan fingerprint density at radius 2 is 1.38 bits per heavy atom. The van der Waals surface area contributed by atoms with Crippen molar-refractivity contribution in [2.45, 2.75) is 6.92 Å². The minimum Gasteiger partial charge on any atom is -0.457 e. The standard InChI is InChI=1S/C22H16FNOS/c1-15-21(16-7-11-18(23)12-8-16)26-22(24-15)17-9-13-20(14-10-17)25-19-5-3-2-4-6-19/h2-14H,1H3. The van der Waals surface area contributed by atoms with Gasteiger partial charge >= 0.3 is 0 Å². The van der Waals surface area contributed by atoms with Crippen molar-refractivity contribution < 1.29 is 9.13 Å². The number of para-hydroxylation sites is 1. The second kappa shape index (κ2) is 7.10. The molecule has 4 heteroatoms. The van der Waals surface area contributed by atoms with Gasteiger partial charge in [-0.3, -0.25) is 0 Å². The van der Waals surface area contributed by atoms with Crippen molar-refractivity contribution in [2.24, 2.45) is 0 Å². The van der Waals surface area contributed by atoms with E-state index in [4.69, 9.17) is 4.74 Å². The molecule has 0 fully saturated rings. The molecule has 0 amide bonds. The van der Waals surface area contributed by atoms with Crippen LogP contribution < -0.4 is 4.74 Å². The van der Waals surface area contributed by atoms with E-state index >= 15 is 0 Å². The Morgan fingerprint density at radius 1 is 0.769 bits per heavy atom. The fourth-order valence-electron chi connectivity index (χ4n) is 2.68. The molecule has 2 nitrogen and oxygen atoms in total. The first-order valence-corrected chi connectivity index (χ1v) is 9.07. The van der Waals surface area contributed by atoms with Crippen LogP contribution in [0.1, 0.15) is 5.69 Å². The van der Waals surface area contributed by atoms with E-state index in [-0.39, 0.29) is 5.82 Å². The zero-order valence-electron chi connectivity index (χ0n) is 14.1. The molecule has 0 saturated heterocycles. The van der Waals surface area contributed by atoms with Crippen molar-refractivity contribution in [1.29, 1.82) is 0 Å². The zero-order chi connectivity index (χ0) is 17.9. The number of aromatic nitrogens is 1. The molecule has 0 unspecified atom stereocenters. The molecular formula is C22H16FNOS. The predicted octanol–water partition coefficient (Wildman–Crippen LogP) is 6.72. The van der Waals surface area contributed by atoms with Crippen LogP contribution in [0.5, 0.6) is 11.5 Å². The number of hydrogen-bond acceptors (Lipinski definition) is 3. The number of benzene rings is 3.